The maximum atomic E-state index is 11.6. The fourth-order valence-electron chi connectivity index (χ4n) is 2.67. The van der Waals surface area contributed by atoms with E-state index in [2.05, 4.69) is 5.32 Å². The van der Waals surface area contributed by atoms with Gasteiger partial charge < -0.3 is 10.1 Å². The monoisotopic (exact) mass is 212 g/mol. The van der Waals surface area contributed by atoms with E-state index in [0.29, 0.717) is 12.6 Å². The van der Waals surface area contributed by atoms with E-state index in [1.54, 1.807) is 0 Å². The van der Waals surface area contributed by atoms with E-state index >= 15 is 0 Å². The molecule has 2 aliphatic rings. The number of hydrogen-bond donors (Lipinski definition) is 1. The number of amides is 1. The summed E-state index contributed by atoms with van der Waals surface area (Å²) >= 11 is 0. The normalized spacial score (nSPS) is 28.2. The van der Waals surface area contributed by atoms with Crippen LogP contribution < -0.4 is 5.32 Å². The van der Waals surface area contributed by atoms with E-state index in [4.69, 9.17) is 4.74 Å². The van der Waals surface area contributed by atoms with Gasteiger partial charge in [-0.1, -0.05) is 19.3 Å². The highest BCUT2D eigenvalue weighted by molar-refractivity contribution is 5.70. The molecule has 0 spiro atoms. The topological polar surface area (TPSA) is 41.6 Å². The van der Waals surface area contributed by atoms with Crippen molar-refractivity contribution in [2.45, 2.75) is 44.2 Å². The summed E-state index contributed by atoms with van der Waals surface area (Å²) in [6.45, 7) is 1.39. The van der Waals surface area contributed by atoms with Crippen molar-refractivity contribution in [1.82, 2.24) is 10.2 Å². The van der Waals surface area contributed by atoms with Gasteiger partial charge in [-0.25, -0.2) is 4.79 Å². The van der Waals surface area contributed by atoms with Crippen molar-refractivity contribution in [2.24, 2.45) is 0 Å². The smallest absolute Gasteiger partial charge is 0.410 e. The van der Waals surface area contributed by atoms with Gasteiger partial charge in [-0.15, -0.1) is 0 Å². The number of likely N-dealkylation sites (N-methyl/N-ethyl adjacent to an activating group) is 1. The fourth-order valence-corrected chi connectivity index (χ4v) is 2.67. The van der Waals surface area contributed by atoms with Crippen LogP contribution in [0.1, 0.15) is 32.1 Å². The minimum absolute atomic E-state index is 0.109. The molecule has 0 aromatic carbocycles. The molecule has 1 aliphatic carbocycles. The predicted molar refractivity (Wildman–Crippen MR) is 57.8 cm³/mol. The fraction of sp³-hybridized carbons (Fsp3) is 0.909. The molecule has 2 fully saturated rings. The van der Waals surface area contributed by atoms with Gasteiger partial charge >= 0.3 is 6.09 Å². The van der Waals surface area contributed by atoms with Crippen molar-refractivity contribution < 1.29 is 9.53 Å². The van der Waals surface area contributed by atoms with E-state index < -0.39 is 0 Å². The Kier molecular flexibility index (Phi) is 3.46. The second-order valence-corrected chi connectivity index (χ2v) is 4.49. The SMILES string of the molecule is CNCC1COC(=O)N1C1CCCCC1. The largest absolute Gasteiger partial charge is 0.447 e. The Morgan fingerprint density at radius 3 is 2.80 bits per heavy atom. The number of hydrogen-bond acceptors (Lipinski definition) is 3. The number of rotatable bonds is 3. The molecule has 4 heteroatoms. The van der Waals surface area contributed by atoms with Crippen LogP contribution in [0.5, 0.6) is 0 Å². The van der Waals surface area contributed by atoms with Crippen molar-refractivity contribution in [3.63, 3.8) is 0 Å². The molecule has 0 radical (unpaired) electrons. The first-order chi connectivity index (χ1) is 7.33. The number of ether oxygens (including phenoxy) is 1. The second kappa shape index (κ2) is 4.84. The molecule has 0 bridgehead atoms. The van der Waals surface area contributed by atoms with Gasteiger partial charge in [-0.05, 0) is 19.9 Å². The van der Waals surface area contributed by atoms with Gasteiger partial charge in [-0.3, -0.25) is 4.90 Å². The van der Waals surface area contributed by atoms with Crippen LogP contribution in [0.25, 0.3) is 0 Å². The zero-order valence-corrected chi connectivity index (χ0v) is 9.37. The van der Waals surface area contributed by atoms with Crippen LogP contribution in [0.15, 0.2) is 0 Å². The average molecular weight is 212 g/mol. The molecule has 0 aromatic rings. The molecule has 1 atom stereocenters. The maximum Gasteiger partial charge on any atom is 0.410 e. The third-order valence-electron chi connectivity index (χ3n) is 3.41. The minimum atomic E-state index is -0.109. The molecule has 1 unspecified atom stereocenters. The molecule has 0 aromatic heterocycles. The summed E-state index contributed by atoms with van der Waals surface area (Å²) in [4.78, 5) is 13.6. The third-order valence-corrected chi connectivity index (χ3v) is 3.41. The Morgan fingerprint density at radius 2 is 2.13 bits per heavy atom. The Hall–Kier alpha value is -0.770. The Bertz CT molecular complexity index is 227. The number of nitrogens with one attached hydrogen (secondary N) is 1. The molecule has 15 heavy (non-hydrogen) atoms. The lowest BCUT2D eigenvalue weighted by atomic mass is 9.93. The Labute approximate surface area is 91.0 Å². The summed E-state index contributed by atoms with van der Waals surface area (Å²) in [6, 6.07) is 0.665. The van der Waals surface area contributed by atoms with Crippen molar-refractivity contribution in [3.05, 3.63) is 0 Å². The number of carbonyl (C=O) groups excluding carboxylic acids is 1. The number of cyclic esters (lactones) is 1. The zero-order chi connectivity index (χ0) is 10.7. The molecule has 1 amide bonds. The highest BCUT2D eigenvalue weighted by Gasteiger charge is 2.37. The van der Waals surface area contributed by atoms with Crippen LogP contribution in [-0.4, -0.2) is 43.3 Å². The van der Waals surface area contributed by atoms with Crippen LogP contribution in [-0.2, 0) is 4.74 Å². The zero-order valence-electron chi connectivity index (χ0n) is 9.37. The first-order valence-corrected chi connectivity index (χ1v) is 5.92. The molecule has 4 nitrogen and oxygen atoms in total. The first kappa shape index (κ1) is 10.7. The summed E-state index contributed by atoms with van der Waals surface area (Å²) in [7, 11) is 1.92. The van der Waals surface area contributed by atoms with Crippen LogP contribution in [0.2, 0.25) is 0 Å². The van der Waals surface area contributed by atoms with E-state index in [1.807, 2.05) is 11.9 Å². The summed E-state index contributed by atoms with van der Waals surface area (Å²) in [5.41, 5.74) is 0. The van der Waals surface area contributed by atoms with Gasteiger partial charge in [0.15, 0.2) is 0 Å². The average Bonchev–Trinajstić information content (AvgIpc) is 2.62. The molecule has 1 aliphatic heterocycles. The molecule has 1 heterocycles. The number of nitrogens with zero attached hydrogens (tertiary/aromatic N) is 1. The van der Waals surface area contributed by atoms with Crippen LogP contribution in [0.3, 0.4) is 0 Å². The van der Waals surface area contributed by atoms with Gasteiger partial charge in [-0.2, -0.15) is 0 Å². The Balaban J connectivity index is 1.99. The molecule has 1 saturated carbocycles. The van der Waals surface area contributed by atoms with Crippen LogP contribution >= 0.6 is 0 Å². The highest BCUT2D eigenvalue weighted by Crippen LogP contribution is 2.27. The quantitative estimate of drug-likeness (QED) is 0.768. The minimum Gasteiger partial charge on any atom is -0.447 e. The summed E-state index contributed by atoms with van der Waals surface area (Å²) < 4.78 is 5.13. The van der Waals surface area contributed by atoms with Gasteiger partial charge in [0.05, 0.1) is 6.04 Å². The van der Waals surface area contributed by atoms with Crippen molar-refractivity contribution in [1.29, 1.82) is 0 Å². The lowest BCUT2D eigenvalue weighted by Gasteiger charge is -2.33. The molecule has 1 saturated heterocycles. The second-order valence-electron chi connectivity index (χ2n) is 4.49. The predicted octanol–water partition coefficient (Wildman–Crippen LogP) is 1.36. The Morgan fingerprint density at radius 1 is 1.40 bits per heavy atom. The summed E-state index contributed by atoms with van der Waals surface area (Å²) in [5.74, 6) is 0. The standard InChI is InChI=1S/C11H20N2O2/c1-12-7-10-8-15-11(14)13(10)9-5-3-2-4-6-9/h9-10,12H,2-8H2,1H3. The van der Waals surface area contributed by atoms with E-state index in [-0.39, 0.29) is 12.1 Å². The summed E-state index contributed by atoms with van der Waals surface area (Å²) in [5, 5.41) is 3.13. The van der Waals surface area contributed by atoms with E-state index in [1.165, 1.54) is 19.3 Å². The van der Waals surface area contributed by atoms with Crippen molar-refractivity contribution >= 4 is 6.09 Å². The molecule has 86 valence electrons. The molecular weight excluding hydrogens is 192 g/mol. The number of carbonyl (C=O) groups is 1. The van der Waals surface area contributed by atoms with Gasteiger partial charge in [0, 0.05) is 12.6 Å². The molecule has 1 N–H and O–H groups in total. The van der Waals surface area contributed by atoms with E-state index in [0.717, 1.165) is 19.4 Å². The van der Waals surface area contributed by atoms with Crippen molar-refractivity contribution in [3.8, 4) is 0 Å². The molecule has 2 rings (SSSR count). The van der Waals surface area contributed by atoms with E-state index in [9.17, 15) is 4.79 Å². The van der Waals surface area contributed by atoms with Gasteiger partial charge in [0.25, 0.3) is 0 Å². The first-order valence-electron chi connectivity index (χ1n) is 5.92. The van der Waals surface area contributed by atoms with Crippen molar-refractivity contribution in [2.75, 3.05) is 20.2 Å². The van der Waals surface area contributed by atoms with Gasteiger partial charge in [0.2, 0.25) is 0 Å². The third kappa shape index (κ3) is 2.25. The highest BCUT2D eigenvalue weighted by atomic mass is 16.6. The summed E-state index contributed by atoms with van der Waals surface area (Å²) in [6.07, 6.45) is 6.00. The molecular formula is C11H20N2O2. The van der Waals surface area contributed by atoms with Crippen LogP contribution in [0, 0.1) is 0 Å². The lowest BCUT2D eigenvalue weighted by Crippen LogP contribution is -2.46. The lowest BCUT2D eigenvalue weighted by molar-refractivity contribution is 0.131. The maximum absolute atomic E-state index is 11.6. The van der Waals surface area contributed by atoms with Crippen LogP contribution in [0.4, 0.5) is 4.79 Å². The van der Waals surface area contributed by atoms with Gasteiger partial charge in [0.1, 0.15) is 6.61 Å².